The van der Waals surface area contributed by atoms with Crippen LogP contribution in [0, 0.1) is 6.92 Å². The molecule has 0 spiro atoms. The highest BCUT2D eigenvalue weighted by Crippen LogP contribution is 2.41. The molecule has 1 heterocycles. The Kier molecular flexibility index (Phi) is 1.56. The number of rotatable bonds is 0. The second-order valence-electron chi connectivity index (χ2n) is 4.31. The van der Waals surface area contributed by atoms with Gasteiger partial charge < -0.3 is 9.84 Å². The molecule has 0 saturated heterocycles. The van der Waals surface area contributed by atoms with E-state index in [0.717, 1.165) is 17.5 Å². The van der Waals surface area contributed by atoms with Gasteiger partial charge in [-0.15, -0.1) is 0 Å². The molecule has 0 bridgehead atoms. The molecule has 0 fully saturated rings. The highest BCUT2D eigenvalue weighted by molar-refractivity contribution is 5.51. The van der Waals surface area contributed by atoms with Gasteiger partial charge >= 0.3 is 0 Å². The van der Waals surface area contributed by atoms with E-state index in [2.05, 4.69) is 6.07 Å². The molecule has 0 aromatic heterocycles. The number of benzene rings is 1. The second-order valence-corrected chi connectivity index (χ2v) is 4.31. The number of fused-ring (bicyclic) bond motifs is 1. The van der Waals surface area contributed by atoms with E-state index >= 15 is 0 Å². The lowest BCUT2D eigenvalue weighted by molar-refractivity contribution is 0.134. The van der Waals surface area contributed by atoms with Crippen LogP contribution in [-0.2, 0) is 6.42 Å². The van der Waals surface area contributed by atoms with Crippen molar-refractivity contribution >= 4 is 0 Å². The van der Waals surface area contributed by atoms with Crippen molar-refractivity contribution < 1.29 is 9.84 Å². The Hall–Kier alpha value is -1.18. The first-order valence-corrected chi connectivity index (χ1v) is 4.49. The standard InChI is InChI=1S/C11H14O2/c1-7-4-8-6-11(2,3)13-10(8)9(12)5-7/h4-5,12H,6H2,1-3H3. The van der Waals surface area contributed by atoms with E-state index in [1.54, 1.807) is 6.07 Å². The van der Waals surface area contributed by atoms with Crippen LogP contribution in [0.5, 0.6) is 11.5 Å². The van der Waals surface area contributed by atoms with Gasteiger partial charge in [-0.3, -0.25) is 0 Å². The Bertz CT molecular complexity index is 353. The fourth-order valence-corrected chi connectivity index (χ4v) is 1.85. The summed E-state index contributed by atoms with van der Waals surface area (Å²) < 4.78 is 5.63. The molecule has 0 amide bonds. The van der Waals surface area contributed by atoms with Gasteiger partial charge in [-0.2, -0.15) is 0 Å². The average Bonchev–Trinajstić information content (AvgIpc) is 2.23. The topological polar surface area (TPSA) is 29.5 Å². The van der Waals surface area contributed by atoms with Crippen molar-refractivity contribution in [3.05, 3.63) is 23.3 Å². The van der Waals surface area contributed by atoms with E-state index < -0.39 is 0 Å². The normalized spacial score (nSPS) is 18.1. The van der Waals surface area contributed by atoms with Crippen molar-refractivity contribution in [1.82, 2.24) is 0 Å². The van der Waals surface area contributed by atoms with Gasteiger partial charge in [0.2, 0.25) is 0 Å². The first kappa shape index (κ1) is 8.42. The molecule has 0 atom stereocenters. The first-order chi connectivity index (χ1) is 5.98. The zero-order valence-corrected chi connectivity index (χ0v) is 8.22. The summed E-state index contributed by atoms with van der Waals surface area (Å²) in [5.41, 5.74) is 2.02. The SMILES string of the molecule is Cc1cc(O)c2c(c1)CC(C)(C)O2. The van der Waals surface area contributed by atoms with Crippen LogP contribution in [0.25, 0.3) is 0 Å². The lowest BCUT2D eigenvalue weighted by Crippen LogP contribution is -2.24. The molecule has 70 valence electrons. The predicted octanol–water partition coefficient (Wildman–Crippen LogP) is 2.41. The van der Waals surface area contributed by atoms with Crippen LogP contribution in [0.2, 0.25) is 0 Å². The van der Waals surface area contributed by atoms with E-state index in [0.29, 0.717) is 5.75 Å². The van der Waals surface area contributed by atoms with Gasteiger partial charge in [0.1, 0.15) is 5.60 Å². The third-order valence-electron chi connectivity index (χ3n) is 2.29. The summed E-state index contributed by atoms with van der Waals surface area (Å²) in [5, 5.41) is 9.62. The van der Waals surface area contributed by atoms with Crippen LogP contribution >= 0.6 is 0 Å². The number of ether oxygens (including phenoxy) is 1. The van der Waals surface area contributed by atoms with Crippen molar-refractivity contribution in [2.45, 2.75) is 32.8 Å². The minimum absolute atomic E-state index is 0.173. The molecule has 0 saturated carbocycles. The van der Waals surface area contributed by atoms with Crippen molar-refractivity contribution in [2.75, 3.05) is 0 Å². The zero-order valence-electron chi connectivity index (χ0n) is 8.22. The quantitative estimate of drug-likeness (QED) is 0.661. The van der Waals surface area contributed by atoms with Crippen molar-refractivity contribution in [3.63, 3.8) is 0 Å². The fourth-order valence-electron chi connectivity index (χ4n) is 1.85. The van der Waals surface area contributed by atoms with Gasteiger partial charge in [0, 0.05) is 12.0 Å². The summed E-state index contributed by atoms with van der Waals surface area (Å²) in [6.45, 7) is 6.04. The predicted molar refractivity (Wildman–Crippen MR) is 51.3 cm³/mol. The fraction of sp³-hybridized carbons (Fsp3) is 0.455. The molecule has 13 heavy (non-hydrogen) atoms. The summed E-state index contributed by atoms with van der Waals surface area (Å²) >= 11 is 0. The lowest BCUT2D eigenvalue weighted by Gasteiger charge is -2.17. The smallest absolute Gasteiger partial charge is 0.165 e. The van der Waals surface area contributed by atoms with Gasteiger partial charge in [0.15, 0.2) is 11.5 Å². The highest BCUT2D eigenvalue weighted by atomic mass is 16.5. The molecule has 0 unspecified atom stereocenters. The lowest BCUT2D eigenvalue weighted by atomic mass is 10.0. The third kappa shape index (κ3) is 1.37. The number of aryl methyl sites for hydroxylation is 1. The van der Waals surface area contributed by atoms with Crippen LogP contribution in [-0.4, -0.2) is 10.7 Å². The number of hydrogen-bond acceptors (Lipinski definition) is 2. The molecule has 1 aliphatic rings. The Morgan fingerprint density at radius 3 is 2.77 bits per heavy atom. The molecule has 2 rings (SSSR count). The summed E-state index contributed by atoms with van der Waals surface area (Å²) in [6.07, 6.45) is 0.873. The second kappa shape index (κ2) is 2.41. The van der Waals surface area contributed by atoms with Crippen molar-refractivity contribution in [3.8, 4) is 11.5 Å². The summed E-state index contributed by atoms with van der Waals surface area (Å²) in [7, 11) is 0. The third-order valence-corrected chi connectivity index (χ3v) is 2.29. The maximum atomic E-state index is 9.62. The van der Waals surface area contributed by atoms with Gasteiger partial charge in [-0.1, -0.05) is 6.07 Å². The number of hydrogen-bond donors (Lipinski definition) is 1. The molecule has 1 aromatic carbocycles. The van der Waals surface area contributed by atoms with Gasteiger partial charge in [0.25, 0.3) is 0 Å². The Labute approximate surface area is 78.2 Å². The Morgan fingerprint density at radius 2 is 2.08 bits per heavy atom. The molecule has 2 nitrogen and oxygen atoms in total. The van der Waals surface area contributed by atoms with E-state index in [-0.39, 0.29) is 11.4 Å². The highest BCUT2D eigenvalue weighted by Gasteiger charge is 2.31. The minimum Gasteiger partial charge on any atom is -0.504 e. The summed E-state index contributed by atoms with van der Waals surface area (Å²) in [5.74, 6) is 0.927. The number of phenols is 1. The largest absolute Gasteiger partial charge is 0.504 e. The molecule has 0 aliphatic carbocycles. The van der Waals surface area contributed by atoms with Gasteiger partial charge in [-0.05, 0) is 32.4 Å². The van der Waals surface area contributed by atoms with E-state index in [1.807, 2.05) is 20.8 Å². The minimum atomic E-state index is -0.173. The Balaban J connectivity index is 2.52. The molecule has 0 radical (unpaired) electrons. The van der Waals surface area contributed by atoms with Crippen LogP contribution in [0.15, 0.2) is 12.1 Å². The van der Waals surface area contributed by atoms with Gasteiger partial charge in [-0.25, -0.2) is 0 Å². The van der Waals surface area contributed by atoms with E-state index in [4.69, 9.17) is 4.74 Å². The van der Waals surface area contributed by atoms with E-state index in [9.17, 15) is 5.11 Å². The van der Waals surface area contributed by atoms with Crippen LogP contribution < -0.4 is 4.74 Å². The Morgan fingerprint density at radius 1 is 1.38 bits per heavy atom. The van der Waals surface area contributed by atoms with E-state index in [1.165, 1.54) is 0 Å². The number of phenolic OH excluding ortho intramolecular Hbond substituents is 1. The molecule has 1 aliphatic heterocycles. The molecular formula is C11H14O2. The molecular weight excluding hydrogens is 164 g/mol. The maximum absolute atomic E-state index is 9.62. The van der Waals surface area contributed by atoms with Gasteiger partial charge in [0.05, 0.1) is 0 Å². The molecule has 1 N–H and O–H groups in total. The summed E-state index contributed by atoms with van der Waals surface area (Å²) in [6, 6.07) is 3.81. The zero-order chi connectivity index (χ0) is 9.64. The van der Waals surface area contributed by atoms with Crippen LogP contribution in [0.1, 0.15) is 25.0 Å². The van der Waals surface area contributed by atoms with Crippen LogP contribution in [0.3, 0.4) is 0 Å². The van der Waals surface area contributed by atoms with Crippen molar-refractivity contribution in [2.24, 2.45) is 0 Å². The average molecular weight is 178 g/mol. The molecule has 2 heteroatoms. The summed E-state index contributed by atoms with van der Waals surface area (Å²) in [4.78, 5) is 0. The number of aromatic hydroxyl groups is 1. The van der Waals surface area contributed by atoms with Crippen LogP contribution in [0.4, 0.5) is 0 Å². The maximum Gasteiger partial charge on any atom is 0.165 e. The monoisotopic (exact) mass is 178 g/mol. The molecule has 1 aromatic rings. The first-order valence-electron chi connectivity index (χ1n) is 4.49. The van der Waals surface area contributed by atoms with Crippen molar-refractivity contribution in [1.29, 1.82) is 0 Å².